The molecule has 1 fully saturated rings. The van der Waals surface area contributed by atoms with Crippen molar-refractivity contribution < 1.29 is 34.0 Å². The smallest absolute Gasteiger partial charge is 0.405 e. The van der Waals surface area contributed by atoms with Crippen molar-refractivity contribution in [1.82, 2.24) is 5.32 Å². The zero-order valence-corrected chi connectivity index (χ0v) is 15.4. The highest BCUT2D eigenvalue weighted by Gasteiger charge is 2.35. The van der Waals surface area contributed by atoms with Gasteiger partial charge in [0.1, 0.15) is 6.10 Å². The number of hydrogen-bond acceptors (Lipinski definition) is 6. The highest BCUT2D eigenvalue weighted by atomic mass is 16.6. The summed E-state index contributed by atoms with van der Waals surface area (Å²) in [4.78, 5) is 23.2. The van der Waals surface area contributed by atoms with Crippen molar-refractivity contribution in [3.63, 3.8) is 0 Å². The number of aliphatic hydroxyl groups excluding tert-OH is 1. The Morgan fingerprint density at radius 1 is 1.30 bits per heavy atom. The van der Waals surface area contributed by atoms with E-state index in [0.717, 1.165) is 5.56 Å². The lowest BCUT2D eigenvalue weighted by molar-refractivity contribution is -0.160. The van der Waals surface area contributed by atoms with E-state index in [0.29, 0.717) is 19.4 Å². The first-order valence-corrected chi connectivity index (χ1v) is 9.05. The van der Waals surface area contributed by atoms with Crippen LogP contribution in [-0.2, 0) is 25.4 Å². The van der Waals surface area contributed by atoms with Gasteiger partial charge in [0.15, 0.2) is 6.04 Å². The maximum Gasteiger partial charge on any atom is 0.405 e. The van der Waals surface area contributed by atoms with Crippen molar-refractivity contribution in [3.8, 4) is 0 Å². The van der Waals surface area contributed by atoms with E-state index in [-0.39, 0.29) is 25.7 Å². The second kappa shape index (κ2) is 10.9. The van der Waals surface area contributed by atoms with Crippen molar-refractivity contribution in [2.24, 2.45) is 5.92 Å². The fourth-order valence-electron chi connectivity index (χ4n) is 3.11. The standard InChI is InChI=1S/C19H27NO7/c1-13-17(26-9-5-8-21)15(10-14-6-3-2-4-7-14)11-25-12-16(18(22)27-13)20-19(23)24/h2-4,6-7,13,15-17,20-21H,5,8-12H2,1H3,(H,23,24)/t13?,15-,16-,17?/m0/s1. The van der Waals surface area contributed by atoms with Crippen LogP contribution in [0.1, 0.15) is 18.9 Å². The quantitative estimate of drug-likeness (QED) is 0.480. The minimum Gasteiger partial charge on any atom is -0.465 e. The van der Waals surface area contributed by atoms with Gasteiger partial charge >= 0.3 is 12.1 Å². The minimum absolute atomic E-state index is 0.00530. The number of ether oxygens (including phenoxy) is 3. The lowest BCUT2D eigenvalue weighted by Crippen LogP contribution is -2.46. The summed E-state index contributed by atoms with van der Waals surface area (Å²) in [5, 5.41) is 20.0. The molecule has 4 atom stereocenters. The molecule has 8 heteroatoms. The van der Waals surface area contributed by atoms with Crippen LogP contribution in [0, 0.1) is 5.92 Å². The fourth-order valence-corrected chi connectivity index (χ4v) is 3.11. The molecule has 1 aliphatic heterocycles. The molecule has 0 aliphatic carbocycles. The Morgan fingerprint density at radius 2 is 2.04 bits per heavy atom. The molecule has 0 bridgehead atoms. The normalized spacial score (nSPS) is 26.4. The van der Waals surface area contributed by atoms with Gasteiger partial charge in [-0.15, -0.1) is 0 Å². The van der Waals surface area contributed by atoms with Crippen LogP contribution in [0.25, 0.3) is 0 Å². The van der Waals surface area contributed by atoms with Crippen LogP contribution in [0.5, 0.6) is 0 Å². The van der Waals surface area contributed by atoms with Gasteiger partial charge in [0.05, 0.1) is 19.3 Å². The first-order chi connectivity index (χ1) is 13.0. The summed E-state index contributed by atoms with van der Waals surface area (Å²) in [6, 6.07) is 8.75. The summed E-state index contributed by atoms with van der Waals surface area (Å²) in [6.45, 7) is 2.24. The van der Waals surface area contributed by atoms with Gasteiger partial charge in [0, 0.05) is 19.1 Å². The predicted molar refractivity (Wildman–Crippen MR) is 96.4 cm³/mol. The Labute approximate surface area is 158 Å². The summed E-state index contributed by atoms with van der Waals surface area (Å²) in [7, 11) is 0. The zero-order chi connectivity index (χ0) is 19.6. The van der Waals surface area contributed by atoms with Crippen molar-refractivity contribution in [3.05, 3.63) is 35.9 Å². The SMILES string of the molecule is CC1OC(=O)[C@@H](NC(=O)O)COC[C@H](Cc2ccccc2)C1OCCCO. The van der Waals surface area contributed by atoms with Crippen molar-refractivity contribution in [1.29, 1.82) is 0 Å². The van der Waals surface area contributed by atoms with E-state index < -0.39 is 30.3 Å². The molecule has 1 saturated heterocycles. The Balaban J connectivity index is 2.16. The third kappa shape index (κ3) is 6.82. The van der Waals surface area contributed by atoms with Crippen LogP contribution in [0.3, 0.4) is 0 Å². The van der Waals surface area contributed by atoms with E-state index in [4.69, 9.17) is 24.4 Å². The molecule has 2 rings (SSSR count). The van der Waals surface area contributed by atoms with Gasteiger partial charge < -0.3 is 29.7 Å². The van der Waals surface area contributed by atoms with Crippen LogP contribution in [0.2, 0.25) is 0 Å². The Morgan fingerprint density at radius 3 is 2.70 bits per heavy atom. The molecule has 150 valence electrons. The van der Waals surface area contributed by atoms with Crippen LogP contribution < -0.4 is 5.32 Å². The van der Waals surface area contributed by atoms with E-state index in [1.807, 2.05) is 30.3 Å². The van der Waals surface area contributed by atoms with Crippen molar-refractivity contribution >= 4 is 12.1 Å². The van der Waals surface area contributed by atoms with E-state index in [2.05, 4.69) is 5.32 Å². The molecule has 2 unspecified atom stereocenters. The molecule has 0 aromatic heterocycles. The molecule has 1 amide bonds. The third-order valence-corrected chi connectivity index (χ3v) is 4.38. The molecule has 0 radical (unpaired) electrons. The molecule has 1 aromatic carbocycles. The van der Waals surface area contributed by atoms with Gasteiger partial charge in [0.2, 0.25) is 0 Å². The third-order valence-electron chi connectivity index (χ3n) is 4.38. The number of rotatable bonds is 7. The van der Waals surface area contributed by atoms with Crippen LogP contribution >= 0.6 is 0 Å². The maximum absolute atomic E-state index is 12.3. The largest absolute Gasteiger partial charge is 0.465 e. The number of amides is 1. The number of esters is 1. The number of carbonyl (C=O) groups excluding carboxylic acids is 1. The fraction of sp³-hybridized carbons (Fsp3) is 0.579. The summed E-state index contributed by atoms with van der Waals surface area (Å²) >= 11 is 0. The monoisotopic (exact) mass is 381 g/mol. The number of hydrogen-bond donors (Lipinski definition) is 3. The second-order valence-corrected chi connectivity index (χ2v) is 6.54. The number of carboxylic acid groups (broad SMARTS) is 1. The molecule has 0 saturated carbocycles. The van der Waals surface area contributed by atoms with Crippen LogP contribution in [0.4, 0.5) is 4.79 Å². The lowest BCUT2D eigenvalue weighted by atomic mass is 9.91. The molecule has 0 spiro atoms. The number of carbonyl (C=O) groups is 2. The molecular formula is C19H27NO7. The van der Waals surface area contributed by atoms with Gasteiger partial charge in [-0.3, -0.25) is 0 Å². The summed E-state index contributed by atoms with van der Waals surface area (Å²) < 4.78 is 17.0. The van der Waals surface area contributed by atoms with E-state index in [9.17, 15) is 9.59 Å². The highest BCUT2D eigenvalue weighted by Crippen LogP contribution is 2.22. The molecule has 8 nitrogen and oxygen atoms in total. The van der Waals surface area contributed by atoms with E-state index in [1.54, 1.807) is 6.92 Å². The molecule has 1 heterocycles. The van der Waals surface area contributed by atoms with E-state index in [1.165, 1.54) is 0 Å². The minimum atomic E-state index is -1.32. The Hall–Kier alpha value is -2.16. The maximum atomic E-state index is 12.3. The van der Waals surface area contributed by atoms with Crippen molar-refractivity contribution in [2.75, 3.05) is 26.4 Å². The van der Waals surface area contributed by atoms with Crippen LogP contribution in [-0.4, -0.2) is 67.0 Å². The second-order valence-electron chi connectivity index (χ2n) is 6.54. The lowest BCUT2D eigenvalue weighted by Gasteiger charge is -2.30. The number of nitrogens with one attached hydrogen (secondary N) is 1. The van der Waals surface area contributed by atoms with Gasteiger partial charge in [-0.2, -0.15) is 0 Å². The summed E-state index contributed by atoms with van der Waals surface area (Å²) in [5.41, 5.74) is 1.10. The zero-order valence-electron chi connectivity index (χ0n) is 15.4. The average Bonchev–Trinajstić information content (AvgIpc) is 2.68. The Bertz CT molecular complexity index is 595. The summed E-state index contributed by atoms with van der Waals surface area (Å²) in [6.07, 6.45) is -1.22. The number of cyclic esters (lactones) is 1. The van der Waals surface area contributed by atoms with Crippen molar-refractivity contribution in [2.45, 2.75) is 38.0 Å². The van der Waals surface area contributed by atoms with E-state index >= 15 is 0 Å². The average molecular weight is 381 g/mol. The first-order valence-electron chi connectivity index (χ1n) is 9.05. The molecule has 1 aromatic rings. The molecule has 27 heavy (non-hydrogen) atoms. The van der Waals surface area contributed by atoms with Gasteiger partial charge in [-0.05, 0) is 25.3 Å². The first kappa shape index (κ1) is 21.1. The number of benzene rings is 1. The highest BCUT2D eigenvalue weighted by molar-refractivity contribution is 5.81. The summed E-state index contributed by atoms with van der Waals surface area (Å²) in [5.74, 6) is -0.793. The topological polar surface area (TPSA) is 114 Å². The van der Waals surface area contributed by atoms with Gasteiger partial charge in [-0.25, -0.2) is 9.59 Å². The number of aliphatic hydroxyl groups is 1. The molecule has 1 aliphatic rings. The molecular weight excluding hydrogens is 354 g/mol. The van der Waals surface area contributed by atoms with Crippen LogP contribution in [0.15, 0.2) is 30.3 Å². The molecule has 3 N–H and O–H groups in total. The predicted octanol–water partition coefficient (Wildman–Crippen LogP) is 1.21. The van der Waals surface area contributed by atoms with Gasteiger partial charge in [-0.1, -0.05) is 30.3 Å². The van der Waals surface area contributed by atoms with Gasteiger partial charge in [0.25, 0.3) is 0 Å². The Kier molecular flexibility index (Phi) is 8.50.